The predicted octanol–water partition coefficient (Wildman–Crippen LogP) is 2.95. The van der Waals surface area contributed by atoms with Crippen molar-refractivity contribution in [1.29, 1.82) is 0 Å². The molecule has 19 heavy (non-hydrogen) atoms. The highest BCUT2D eigenvalue weighted by molar-refractivity contribution is 5.09. The summed E-state index contributed by atoms with van der Waals surface area (Å²) in [6.07, 6.45) is 9.03. The van der Waals surface area contributed by atoms with Crippen molar-refractivity contribution < 1.29 is 4.74 Å². The first-order valence-electron chi connectivity index (χ1n) is 7.49. The number of nitrogens with zero attached hydrogens (tertiary/aromatic N) is 1. The van der Waals surface area contributed by atoms with Crippen molar-refractivity contribution in [2.45, 2.75) is 57.1 Å². The normalized spacial score (nSPS) is 20.1. The van der Waals surface area contributed by atoms with Gasteiger partial charge >= 0.3 is 0 Å². The lowest BCUT2D eigenvalue weighted by atomic mass is 9.77. The van der Waals surface area contributed by atoms with Crippen LogP contribution in [0.2, 0.25) is 0 Å². The fourth-order valence-corrected chi connectivity index (χ4v) is 3.26. The molecule has 0 saturated heterocycles. The van der Waals surface area contributed by atoms with E-state index >= 15 is 0 Å². The molecule has 106 valence electrons. The summed E-state index contributed by atoms with van der Waals surface area (Å²) in [6.45, 7) is 3.14. The van der Waals surface area contributed by atoms with E-state index in [4.69, 9.17) is 4.74 Å². The van der Waals surface area contributed by atoms with Crippen LogP contribution < -0.4 is 5.32 Å². The number of rotatable bonds is 6. The van der Waals surface area contributed by atoms with Gasteiger partial charge in [0.2, 0.25) is 0 Å². The van der Waals surface area contributed by atoms with Crippen molar-refractivity contribution in [3.8, 4) is 0 Å². The molecule has 0 aliphatic heterocycles. The van der Waals surface area contributed by atoms with E-state index in [-0.39, 0.29) is 5.60 Å². The Bertz CT molecular complexity index is 360. The van der Waals surface area contributed by atoms with Crippen LogP contribution in [-0.2, 0) is 11.2 Å². The number of pyridine rings is 1. The van der Waals surface area contributed by atoms with Crippen molar-refractivity contribution in [3.63, 3.8) is 0 Å². The fraction of sp³-hybridized carbons (Fsp3) is 0.688. The zero-order valence-electron chi connectivity index (χ0n) is 12.2. The molecule has 1 aromatic heterocycles. The van der Waals surface area contributed by atoms with Gasteiger partial charge in [-0.3, -0.25) is 4.98 Å². The summed E-state index contributed by atoms with van der Waals surface area (Å²) >= 11 is 0. The summed E-state index contributed by atoms with van der Waals surface area (Å²) in [7, 11) is 1.87. The molecule has 2 rings (SSSR count). The summed E-state index contributed by atoms with van der Waals surface area (Å²) in [5.74, 6) is 0. The van der Waals surface area contributed by atoms with Gasteiger partial charge in [-0.25, -0.2) is 0 Å². The molecule has 1 heterocycles. The number of hydrogen-bond donors (Lipinski definition) is 1. The van der Waals surface area contributed by atoms with Crippen LogP contribution in [0.1, 0.15) is 44.7 Å². The summed E-state index contributed by atoms with van der Waals surface area (Å²) in [4.78, 5) is 4.47. The zero-order valence-corrected chi connectivity index (χ0v) is 12.2. The molecule has 3 nitrogen and oxygen atoms in total. The molecular weight excluding hydrogens is 236 g/mol. The Balaban J connectivity index is 2.13. The number of methoxy groups -OCH3 is 1. The molecule has 1 saturated carbocycles. The molecule has 1 aliphatic rings. The molecule has 1 aliphatic carbocycles. The van der Waals surface area contributed by atoms with Gasteiger partial charge in [0.1, 0.15) is 0 Å². The topological polar surface area (TPSA) is 34.2 Å². The van der Waals surface area contributed by atoms with E-state index < -0.39 is 0 Å². The molecule has 1 fully saturated rings. The zero-order chi connectivity index (χ0) is 13.6. The highest BCUT2D eigenvalue weighted by Gasteiger charge is 2.39. The number of nitrogens with one attached hydrogen (secondary N) is 1. The first-order valence-corrected chi connectivity index (χ1v) is 7.49. The third-order valence-electron chi connectivity index (χ3n) is 4.33. The predicted molar refractivity (Wildman–Crippen MR) is 78.2 cm³/mol. The summed E-state index contributed by atoms with van der Waals surface area (Å²) in [6, 6.07) is 6.50. The van der Waals surface area contributed by atoms with Crippen molar-refractivity contribution in [2.24, 2.45) is 0 Å². The van der Waals surface area contributed by atoms with Gasteiger partial charge in [-0.1, -0.05) is 32.3 Å². The van der Waals surface area contributed by atoms with Crippen molar-refractivity contribution in [1.82, 2.24) is 10.3 Å². The Hall–Kier alpha value is -0.930. The van der Waals surface area contributed by atoms with Gasteiger partial charge in [-0.15, -0.1) is 0 Å². The van der Waals surface area contributed by atoms with Gasteiger partial charge in [-0.2, -0.15) is 0 Å². The number of aromatic nitrogens is 1. The van der Waals surface area contributed by atoms with Crippen molar-refractivity contribution >= 4 is 0 Å². The Labute approximate surface area is 116 Å². The van der Waals surface area contributed by atoms with Gasteiger partial charge < -0.3 is 10.1 Å². The maximum Gasteiger partial charge on any atom is 0.0834 e. The minimum absolute atomic E-state index is 0.00815. The van der Waals surface area contributed by atoms with Crippen LogP contribution >= 0.6 is 0 Å². The van der Waals surface area contributed by atoms with Gasteiger partial charge in [0.05, 0.1) is 5.60 Å². The van der Waals surface area contributed by atoms with E-state index in [1.54, 1.807) is 0 Å². The molecule has 0 amide bonds. The minimum Gasteiger partial charge on any atom is -0.377 e. The van der Waals surface area contributed by atoms with Gasteiger partial charge in [0.25, 0.3) is 0 Å². The van der Waals surface area contributed by atoms with E-state index in [1.807, 2.05) is 19.4 Å². The summed E-state index contributed by atoms with van der Waals surface area (Å²) < 4.78 is 5.98. The molecule has 1 atom stereocenters. The molecule has 0 radical (unpaired) electrons. The average Bonchev–Trinajstić information content (AvgIpc) is 2.48. The molecule has 0 aromatic carbocycles. The molecule has 1 aromatic rings. The molecule has 3 heteroatoms. The quantitative estimate of drug-likeness (QED) is 0.856. The van der Waals surface area contributed by atoms with Gasteiger partial charge in [-0.05, 0) is 31.5 Å². The van der Waals surface area contributed by atoms with Crippen LogP contribution in [0.4, 0.5) is 0 Å². The highest BCUT2D eigenvalue weighted by atomic mass is 16.5. The first kappa shape index (κ1) is 14.5. The highest BCUT2D eigenvalue weighted by Crippen LogP contribution is 2.35. The van der Waals surface area contributed by atoms with Crippen LogP contribution in [0.25, 0.3) is 0 Å². The first-order chi connectivity index (χ1) is 9.30. The minimum atomic E-state index is -0.00815. The molecule has 0 bridgehead atoms. The van der Waals surface area contributed by atoms with E-state index in [9.17, 15) is 0 Å². The van der Waals surface area contributed by atoms with E-state index in [0.29, 0.717) is 6.04 Å². The SMILES string of the molecule is CCNC(Cc1ccccn1)C1(OC)CCCCC1. The Morgan fingerprint density at radius 3 is 2.68 bits per heavy atom. The monoisotopic (exact) mass is 262 g/mol. The Morgan fingerprint density at radius 2 is 2.11 bits per heavy atom. The lowest BCUT2D eigenvalue weighted by Gasteiger charge is -2.43. The van der Waals surface area contributed by atoms with Gasteiger partial charge in [0, 0.05) is 31.5 Å². The second-order valence-electron chi connectivity index (χ2n) is 5.47. The number of likely N-dealkylation sites (N-methyl/N-ethyl adjacent to an activating group) is 1. The van der Waals surface area contributed by atoms with Crippen LogP contribution in [0.15, 0.2) is 24.4 Å². The Kier molecular flexibility index (Phi) is 5.34. The lowest BCUT2D eigenvalue weighted by molar-refractivity contribution is -0.0671. The second-order valence-corrected chi connectivity index (χ2v) is 5.47. The van der Waals surface area contributed by atoms with Crippen LogP contribution in [-0.4, -0.2) is 30.3 Å². The maximum atomic E-state index is 5.98. The maximum absolute atomic E-state index is 5.98. The van der Waals surface area contributed by atoms with Crippen LogP contribution in [0.5, 0.6) is 0 Å². The number of hydrogen-bond acceptors (Lipinski definition) is 3. The van der Waals surface area contributed by atoms with Crippen LogP contribution in [0, 0.1) is 0 Å². The summed E-state index contributed by atoms with van der Waals surface area (Å²) in [5.41, 5.74) is 1.14. The molecule has 1 N–H and O–H groups in total. The fourth-order valence-electron chi connectivity index (χ4n) is 3.26. The smallest absolute Gasteiger partial charge is 0.0834 e. The van der Waals surface area contributed by atoms with E-state index in [1.165, 1.54) is 19.3 Å². The van der Waals surface area contributed by atoms with E-state index in [2.05, 4.69) is 29.4 Å². The van der Waals surface area contributed by atoms with Gasteiger partial charge in [0.15, 0.2) is 0 Å². The second kappa shape index (κ2) is 7.01. The molecule has 0 spiro atoms. The largest absolute Gasteiger partial charge is 0.377 e. The molecule has 1 unspecified atom stereocenters. The van der Waals surface area contributed by atoms with Crippen LogP contribution in [0.3, 0.4) is 0 Å². The lowest BCUT2D eigenvalue weighted by Crippen LogP contribution is -2.54. The standard InChI is InChI=1S/C16H26N2O/c1-3-17-15(13-14-9-5-8-12-18-14)16(19-2)10-6-4-7-11-16/h5,8-9,12,15,17H,3-4,6-7,10-11,13H2,1-2H3. The average molecular weight is 262 g/mol. The number of ether oxygens (including phenoxy) is 1. The third kappa shape index (κ3) is 3.54. The van der Waals surface area contributed by atoms with Crippen molar-refractivity contribution in [2.75, 3.05) is 13.7 Å². The Morgan fingerprint density at radius 1 is 1.32 bits per heavy atom. The third-order valence-corrected chi connectivity index (χ3v) is 4.33. The summed E-state index contributed by atoms with van der Waals surface area (Å²) in [5, 5.41) is 3.63. The molecular formula is C16H26N2O. The van der Waals surface area contributed by atoms with E-state index in [0.717, 1.165) is 31.5 Å². The van der Waals surface area contributed by atoms with Crippen molar-refractivity contribution in [3.05, 3.63) is 30.1 Å².